The molecule has 0 saturated heterocycles. The molecule has 3 nitrogen and oxygen atoms in total. The molecule has 0 radical (unpaired) electrons. The van der Waals surface area contributed by atoms with Gasteiger partial charge in [0.15, 0.2) is 0 Å². The first-order valence-electron chi connectivity index (χ1n) is 5.06. The first kappa shape index (κ1) is 13.6. The van der Waals surface area contributed by atoms with E-state index >= 15 is 0 Å². The SMILES string of the molecule is C=C(C)CCC(O)CCOCCOC. The van der Waals surface area contributed by atoms with E-state index < -0.39 is 0 Å². The highest BCUT2D eigenvalue weighted by atomic mass is 16.5. The van der Waals surface area contributed by atoms with Gasteiger partial charge in [-0.1, -0.05) is 5.57 Å². The molecule has 0 amide bonds. The molecular weight excluding hydrogens is 180 g/mol. The molecule has 0 aromatic heterocycles. The van der Waals surface area contributed by atoms with Gasteiger partial charge in [0.05, 0.1) is 19.3 Å². The van der Waals surface area contributed by atoms with E-state index in [0.29, 0.717) is 26.2 Å². The Labute approximate surface area is 86.7 Å². The molecule has 0 saturated carbocycles. The highest BCUT2D eigenvalue weighted by molar-refractivity contribution is 4.88. The van der Waals surface area contributed by atoms with E-state index in [1.54, 1.807) is 7.11 Å². The van der Waals surface area contributed by atoms with Crippen molar-refractivity contribution in [3.63, 3.8) is 0 Å². The van der Waals surface area contributed by atoms with Crippen LogP contribution in [0.4, 0.5) is 0 Å². The van der Waals surface area contributed by atoms with Gasteiger partial charge in [-0.2, -0.15) is 0 Å². The maximum absolute atomic E-state index is 9.50. The van der Waals surface area contributed by atoms with Gasteiger partial charge >= 0.3 is 0 Å². The Morgan fingerprint density at radius 1 is 1.29 bits per heavy atom. The third-order valence-electron chi connectivity index (χ3n) is 1.93. The van der Waals surface area contributed by atoms with E-state index in [1.165, 1.54) is 0 Å². The van der Waals surface area contributed by atoms with Gasteiger partial charge in [0.25, 0.3) is 0 Å². The van der Waals surface area contributed by atoms with Gasteiger partial charge in [0.1, 0.15) is 0 Å². The molecule has 0 bridgehead atoms. The molecule has 1 atom stereocenters. The molecule has 3 heteroatoms. The van der Waals surface area contributed by atoms with E-state index in [0.717, 1.165) is 18.4 Å². The van der Waals surface area contributed by atoms with Gasteiger partial charge < -0.3 is 14.6 Å². The normalized spacial score (nSPS) is 12.8. The largest absolute Gasteiger partial charge is 0.393 e. The number of hydrogen-bond acceptors (Lipinski definition) is 3. The van der Waals surface area contributed by atoms with Gasteiger partial charge in [-0.25, -0.2) is 0 Å². The van der Waals surface area contributed by atoms with Gasteiger partial charge in [0.2, 0.25) is 0 Å². The Morgan fingerprint density at radius 2 is 2.00 bits per heavy atom. The number of rotatable bonds is 9. The van der Waals surface area contributed by atoms with Crippen LogP contribution < -0.4 is 0 Å². The zero-order valence-corrected chi connectivity index (χ0v) is 9.29. The average Bonchev–Trinajstić information content (AvgIpc) is 2.14. The lowest BCUT2D eigenvalue weighted by Crippen LogP contribution is -2.12. The van der Waals surface area contributed by atoms with Crippen LogP contribution in [0.5, 0.6) is 0 Å². The fourth-order valence-electron chi connectivity index (χ4n) is 1.02. The average molecular weight is 202 g/mol. The van der Waals surface area contributed by atoms with E-state index in [2.05, 4.69) is 6.58 Å². The Hall–Kier alpha value is -0.380. The molecule has 14 heavy (non-hydrogen) atoms. The zero-order chi connectivity index (χ0) is 10.8. The number of aliphatic hydroxyl groups is 1. The molecule has 0 rings (SSSR count). The van der Waals surface area contributed by atoms with Gasteiger partial charge in [-0.05, 0) is 26.2 Å². The summed E-state index contributed by atoms with van der Waals surface area (Å²) in [5.41, 5.74) is 1.12. The molecule has 84 valence electrons. The Kier molecular flexibility index (Phi) is 8.94. The molecular formula is C11H22O3. The van der Waals surface area contributed by atoms with Crippen molar-refractivity contribution in [3.05, 3.63) is 12.2 Å². The fourth-order valence-corrected chi connectivity index (χ4v) is 1.02. The quantitative estimate of drug-likeness (QED) is 0.457. The highest BCUT2D eigenvalue weighted by Gasteiger charge is 2.03. The summed E-state index contributed by atoms with van der Waals surface area (Å²) in [6, 6.07) is 0. The summed E-state index contributed by atoms with van der Waals surface area (Å²) in [4.78, 5) is 0. The second-order valence-electron chi connectivity index (χ2n) is 3.54. The number of ether oxygens (including phenoxy) is 2. The molecule has 1 unspecified atom stereocenters. The standard InChI is InChI=1S/C11H22O3/c1-10(2)4-5-11(12)6-7-14-9-8-13-3/h11-12H,1,4-9H2,2-3H3. The van der Waals surface area contributed by atoms with Crippen molar-refractivity contribution in [1.29, 1.82) is 0 Å². The lowest BCUT2D eigenvalue weighted by atomic mass is 10.1. The molecule has 0 aliphatic rings. The molecule has 0 aliphatic carbocycles. The van der Waals surface area contributed by atoms with E-state index in [4.69, 9.17) is 9.47 Å². The summed E-state index contributed by atoms with van der Waals surface area (Å²) in [5, 5.41) is 9.50. The number of methoxy groups -OCH3 is 1. The van der Waals surface area contributed by atoms with E-state index in [-0.39, 0.29) is 6.10 Å². The third-order valence-corrected chi connectivity index (χ3v) is 1.93. The molecule has 0 heterocycles. The van der Waals surface area contributed by atoms with Crippen molar-refractivity contribution in [2.45, 2.75) is 32.3 Å². The van der Waals surface area contributed by atoms with Crippen molar-refractivity contribution in [1.82, 2.24) is 0 Å². The predicted molar refractivity (Wildman–Crippen MR) is 57.4 cm³/mol. The smallest absolute Gasteiger partial charge is 0.0700 e. The Balaban J connectivity index is 3.18. The minimum atomic E-state index is -0.269. The second-order valence-corrected chi connectivity index (χ2v) is 3.54. The van der Waals surface area contributed by atoms with Crippen molar-refractivity contribution in [3.8, 4) is 0 Å². The van der Waals surface area contributed by atoms with E-state index in [1.807, 2.05) is 6.92 Å². The van der Waals surface area contributed by atoms with Crippen LogP contribution in [-0.2, 0) is 9.47 Å². The lowest BCUT2D eigenvalue weighted by Gasteiger charge is -2.10. The topological polar surface area (TPSA) is 38.7 Å². The number of allylic oxidation sites excluding steroid dienone is 1. The molecule has 0 fully saturated rings. The second kappa shape index (κ2) is 9.19. The van der Waals surface area contributed by atoms with Crippen LogP contribution in [0.3, 0.4) is 0 Å². The monoisotopic (exact) mass is 202 g/mol. The van der Waals surface area contributed by atoms with Crippen LogP contribution >= 0.6 is 0 Å². The maximum atomic E-state index is 9.50. The maximum Gasteiger partial charge on any atom is 0.0700 e. The lowest BCUT2D eigenvalue weighted by molar-refractivity contribution is 0.0461. The van der Waals surface area contributed by atoms with Gasteiger partial charge in [-0.3, -0.25) is 0 Å². The summed E-state index contributed by atoms with van der Waals surface area (Å²) in [7, 11) is 1.64. The van der Waals surface area contributed by atoms with Crippen LogP contribution in [-0.4, -0.2) is 38.1 Å². The van der Waals surface area contributed by atoms with Crippen molar-refractivity contribution >= 4 is 0 Å². The van der Waals surface area contributed by atoms with Crippen LogP contribution in [0.2, 0.25) is 0 Å². The Morgan fingerprint density at radius 3 is 2.57 bits per heavy atom. The molecule has 0 aliphatic heterocycles. The number of aliphatic hydroxyl groups excluding tert-OH is 1. The minimum absolute atomic E-state index is 0.269. The predicted octanol–water partition coefficient (Wildman–Crippen LogP) is 1.76. The third kappa shape index (κ3) is 9.71. The minimum Gasteiger partial charge on any atom is -0.393 e. The van der Waals surface area contributed by atoms with Crippen molar-refractivity contribution in [2.75, 3.05) is 26.9 Å². The van der Waals surface area contributed by atoms with Gasteiger partial charge in [-0.15, -0.1) is 6.58 Å². The highest BCUT2D eigenvalue weighted by Crippen LogP contribution is 2.07. The Bertz CT molecular complexity index is 145. The van der Waals surface area contributed by atoms with E-state index in [9.17, 15) is 5.11 Å². The number of hydrogen-bond donors (Lipinski definition) is 1. The molecule has 1 N–H and O–H groups in total. The first-order valence-corrected chi connectivity index (χ1v) is 5.06. The molecule has 0 aromatic rings. The van der Waals surface area contributed by atoms with Crippen LogP contribution in [0.1, 0.15) is 26.2 Å². The first-order chi connectivity index (χ1) is 6.66. The summed E-state index contributed by atoms with van der Waals surface area (Å²) >= 11 is 0. The van der Waals surface area contributed by atoms with Crippen LogP contribution in [0, 0.1) is 0 Å². The molecule has 0 spiro atoms. The van der Waals surface area contributed by atoms with Crippen LogP contribution in [0.25, 0.3) is 0 Å². The molecule has 0 aromatic carbocycles. The summed E-state index contributed by atoms with van der Waals surface area (Å²) < 4.78 is 10.1. The zero-order valence-electron chi connectivity index (χ0n) is 9.29. The van der Waals surface area contributed by atoms with Crippen molar-refractivity contribution in [2.24, 2.45) is 0 Å². The fraction of sp³-hybridized carbons (Fsp3) is 0.818. The van der Waals surface area contributed by atoms with Crippen molar-refractivity contribution < 1.29 is 14.6 Å². The van der Waals surface area contributed by atoms with Crippen LogP contribution in [0.15, 0.2) is 12.2 Å². The summed E-state index contributed by atoms with van der Waals surface area (Å²) in [5.74, 6) is 0. The summed E-state index contributed by atoms with van der Waals surface area (Å²) in [6.45, 7) is 7.57. The van der Waals surface area contributed by atoms with Gasteiger partial charge in [0, 0.05) is 13.7 Å². The summed E-state index contributed by atoms with van der Waals surface area (Å²) in [6.07, 6.45) is 2.09.